The third-order valence-electron chi connectivity index (χ3n) is 0.746. The van der Waals surface area contributed by atoms with E-state index in [9.17, 15) is 0 Å². The SMILES string of the molecule is CCN(O)N(C)O.CCN=O.CN=O.II. The van der Waals surface area contributed by atoms with Crippen molar-refractivity contribution in [2.75, 3.05) is 27.2 Å². The molecule has 0 heterocycles. The first kappa shape index (κ1) is 25.4. The molecule has 0 bridgehead atoms. The van der Waals surface area contributed by atoms with E-state index in [4.69, 9.17) is 20.2 Å². The van der Waals surface area contributed by atoms with Crippen LogP contribution in [0.5, 0.6) is 0 Å². The second-order valence-corrected chi connectivity index (χ2v) is 1.81. The maximum absolute atomic E-state index is 8.92. The van der Waals surface area contributed by atoms with Crippen LogP contribution in [0.2, 0.25) is 0 Å². The summed E-state index contributed by atoms with van der Waals surface area (Å²) in [5.41, 5.74) is 0. The number of hydrogen-bond donors (Lipinski definition) is 2. The molecule has 0 aliphatic rings. The van der Waals surface area contributed by atoms with Crippen molar-refractivity contribution in [3.63, 3.8) is 0 Å². The fourth-order valence-corrected chi connectivity index (χ4v) is 0.205. The standard InChI is InChI=1S/C3H10N2O2.C2H5NO.CH3NO.I2/c1-3-5(7)4(2)6;1-2-3-4;1-2-3;1-2/h6-7H,3H2,1-2H3;2H2,1H3;1H3;. The highest BCUT2D eigenvalue weighted by Crippen LogP contribution is 1.89. The molecule has 0 fully saturated rings. The molecule has 0 saturated heterocycles. The van der Waals surface area contributed by atoms with Gasteiger partial charge in [-0.25, -0.2) is 0 Å². The summed E-state index contributed by atoms with van der Waals surface area (Å²) in [6.45, 7) is 4.19. The Morgan fingerprint density at radius 2 is 1.44 bits per heavy atom. The molecule has 0 radical (unpaired) electrons. The summed E-state index contributed by atoms with van der Waals surface area (Å²) in [5, 5.41) is 22.8. The van der Waals surface area contributed by atoms with E-state index in [0.717, 1.165) is 0 Å². The largest absolute Gasteiger partial charge is 0.297 e. The second-order valence-electron chi connectivity index (χ2n) is 1.81. The Morgan fingerprint density at radius 3 is 1.44 bits per heavy atom. The Bertz CT molecular complexity index is 131. The van der Waals surface area contributed by atoms with Crippen LogP contribution in [0.15, 0.2) is 10.4 Å². The first-order chi connectivity index (χ1) is 7.51. The lowest BCUT2D eigenvalue weighted by atomic mass is 10.8. The Hall–Kier alpha value is 0.500. The van der Waals surface area contributed by atoms with Gasteiger partial charge in [-0.15, -0.1) is 10.3 Å². The van der Waals surface area contributed by atoms with Gasteiger partial charge < -0.3 is 0 Å². The van der Waals surface area contributed by atoms with E-state index in [1.54, 1.807) is 13.8 Å². The van der Waals surface area contributed by atoms with Gasteiger partial charge in [-0.3, -0.25) is 10.4 Å². The molecule has 0 amide bonds. The summed E-state index contributed by atoms with van der Waals surface area (Å²) in [4.78, 5) is 17.5. The fraction of sp³-hybridized carbons (Fsp3) is 1.00. The van der Waals surface area contributed by atoms with Crippen LogP contribution in [-0.4, -0.2) is 47.9 Å². The van der Waals surface area contributed by atoms with Crippen molar-refractivity contribution < 1.29 is 10.4 Å². The smallest absolute Gasteiger partial charge is 0.0783 e. The van der Waals surface area contributed by atoms with Crippen molar-refractivity contribution in [2.45, 2.75) is 13.8 Å². The van der Waals surface area contributed by atoms with E-state index in [1.165, 1.54) is 14.1 Å². The lowest BCUT2D eigenvalue weighted by Gasteiger charge is -2.16. The van der Waals surface area contributed by atoms with Crippen LogP contribution >= 0.6 is 37.2 Å². The average molecular weight is 464 g/mol. The molecule has 2 N–H and O–H groups in total. The highest BCUT2D eigenvalue weighted by Gasteiger charge is 1.96. The van der Waals surface area contributed by atoms with Gasteiger partial charge in [-0.1, -0.05) is 10.4 Å². The van der Waals surface area contributed by atoms with Gasteiger partial charge in [0.1, 0.15) is 0 Å². The Morgan fingerprint density at radius 1 is 1.19 bits per heavy atom. The van der Waals surface area contributed by atoms with E-state index < -0.39 is 0 Å². The molecule has 8 nitrogen and oxygen atoms in total. The number of hydrazine groups is 1. The lowest BCUT2D eigenvalue weighted by Crippen LogP contribution is -2.33. The van der Waals surface area contributed by atoms with E-state index in [0.29, 0.717) is 23.4 Å². The van der Waals surface area contributed by atoms with Crippen molar-refractivity contribution in [2.24, 2.45) is 10.4 Å². The Balaban J connectivity index is -0.0000000685. The average Bonchev–Trinajstić information content (AvgIpc) is 2.31. The predicted octanol–water partition coefficient (Wildman–Crippen LogP) is 2.86. The molecule has 0 unspecified atom stereocenters. The van der Waals surface area contributed by atoms with Gasteiger partial charge in [-0.2, -0.15) is 9.81 Å². The summed E-state index contributed by atoms with van der Waals surface area (Å²) in [7, 11) is 2.53. The molecule has 0 saturated carbocycles. The number of nitrogens with zero attached hydrogens (tertiary/aromatic N) is 4. The highest BCUT2D eigenvalue weighted by atomic mass is 128. The lowest BCUT2D eigenvalue weighted by molar-refractivity contribution is -0.352. The van der Waals surface area contributed by atoms with Gasteiger partial charge in [0.15, 0.2) is 0 Å². The topological polar surface area (TPSA) is 106 Å². The zero-order valence-corrected chi connectivity index (χ0v) is 14.0. The first-order valence-electron chi connectivity index (χ1n) is 4.05. The van der Waals surface area contributed by atoms with Crippen molar-refractivity contribution in [1.82, 2.24) is 10.3 Å². The third-order valence-corrected chi connectivity index (χ3v) is 0.746. The molecule has 0 atom stereocenters. The summed E-state index contributed by atoms with van der Waals surface area (Å²) < 4.78 is 0. The molecule has 10 heteroatoms. The van der Waals surface area contributed by atoms with Crippen LogP contribution in [0.1, 0.15) is 13.8 Å². The first-order valence-corrected chi connectivity index (χ1v) is 10.3. The van der Waals surface area contributed by atoms with E-state index >= 15 is 0 Å². The minimum atomic E-state index is 0.382. The number of hydroxylamine groups is 2. The molecule has 0 spiro atoms. The minimum absolute atomic E-state index is 0.382. The van der Waals surface area contributed by atoms with Crippen molar-refractivity contribution in [3.8, 4) is 0 Å². The van der Waals surface area contributed by atoms with Crippen LogP contribution in [0.25, 0.3) is 0 Å². The summed E-state index contributed by atoms with van der Waals surface area (Å²) in [6, 6.07) is 0. The number of halogens is 2. The zero-order valence-electron chi connectivity index (χ0n) is 9.67. The minimum Gasteiger partial charge on any atom is -0.297 e. The quantitative estimate of drug-likeness (QED) is 0.378. The van der Waals surface area contributed by atoms with Gasteiger partial charge in [0, 0.05) is 50.8 Å². The molecule has 0 rings (SSSR count). The summed E-state index contributed by atoms with van der Waals surface area (Å²) >= 11 is 4.24. The van der Waals surface area contributed by atoms with E-state index in [2.05, 4.69) is 47.6 Å². The number of rotatable bonds is 3. The summed E-state index contributed by atoms with van der Waals surface area (Å²) in [5.74, 6) is 0. The van der Waals surface area contributed by atoms with Crippen LogP contribution in [0, 0.1) is 9.81 Å². The second kappa shape index (κ2) is 29.6. The van der Waals surface area contributed by atoms with Gasteiger partial charge >= 0.3 is 0 Å². The monoisotopic (exact) mass is 464 g/mol. The molecule has 0 aliphatic carbocycles. The molecular weight excluding hydrogens is 446 g/mol. The maximum Gasteiger partial charge on any atom is 0.0783 e. The number of hydrogen-bond acceptors (Lipinski definition) is 8. The highest BCUT2D eigenvalue weighted by molar-refractivity contribution is 15.0. The van der Waals surface area contributed by atoms with Crippen LogP contribution in [0.4, 0.5) is 0 Å². The molecule has 100 valence electrons. The van der Waals surface area contributed by atoms with Crippen molar-refractivity contribution >= 4 is 37.2 Å². The van der Waals surface area contributed by atoms with Gasteiger partial charge in [-0.05, 0) is 13.8 Å². The molecule has 0 aromatic heterocycles. The van der Waals surface area contributed by atoms with E-state index in [-0.39, 0.29) is 0 Å². The normalized spacial score (nSPS) is 7.62. The number of nitroso groups, excluding NO2 is 2. The molecule has 0 aliphatic heterocycles. The van der Waals surface area contributed by atoms with Crippen molar-refractivity contribution in [3.05, 3.63) is 9.81 Å². The fourth-order valence-electron chi connectivity index (χ4n) is 0.205. The molecule has 0 aromatic carbocycles. The van der Waals surface area contributed by atoms with Gasteiger partial charge in [0.05, 0.1) is 13.6 Å². The van der Waals surface area contributed by atoms with Crippen molar-refractivity contribution in [1.29, 1.82) is 0 Å². The zero-order chi connectivity index (χ0) is 14.0. The van der Waals surface area contributed by atoms with Crippen LogP contribution < -0.4 is 0 Å². The molecule has 16 heavy (non-hydrogen) atoms. The Kier molecular flexibility index (Phi) is 46.9. The Labute approximate surface area is 119 Å². The van der Waals surface area contributed by atoms with Crippen LogP contribution in [-0.2, 0) is 0 Å². The maximum atomic E-state index is 8.92. The summed E-state index contributed by atoms with van der Waals surface area (Å²) in [6.07, 6.45) is 0. The molecule has 0 aromatic rings. The van der Waals surface area contributed by atoms with Gasteiger partial charge in [0.2, 0.25) is 0 Å². The van der Waals surface area contributed by atoms with E-state index in [1.807, 2.05) is 0 Å². The van der Waals surface area contributed by atoms with Crippen LogP contribution in [0.3, 0.4) is 0 Å². The predicted molar refractivity (Wildman–Crippen MR) is 79.8 cm³/mol. The molecular formula is C6H18I2N4O4. The van der Waals surface area contributed by atoms with Gasteiger partial charge in [0.25, 0.3) is 0 Å². The third kappa shape index (κ3) is 47.0.